The smallest absolute Gasteiger partial charge is 0.341 e. The van der Waals surface area contributed by atoms with Crippen molar-refractivity contribution < 1.29 is 22.7 Å². The zero-order valence-electron chi connectivity index (χ0n) is 19.1. The van der Waals surface area contributed by atoms with Crippen molar-refractivity contribution in [2.24, 2.45) is 0 Å². The number of carbonyl (C=O) groups excluding carboxylic acids is 2. The second-order valence-electron chi connectivity index (χ2n) is 8.15. The van der Waals surface area contributed by atoms with E-state index in [1.165, 1.54) is 22.8 Å². The number of methoxy groups -OCH3 is 1. The fourth-order valence-electron chi connectivity index (χ4n) is 4.09. The Hall–Kier alpha value is -2.39. The van der Waals surface area contributed by atoms with E-state index in [0.29, 0.717) is 16.3 Å². The molecule has 0 unspecified atom stereocenters. The minimum atomic E-state index is -3.75. The van der Waals surface area contributed by atoms with Gasteiger partial charge in [0.15, 0.2) is 0 Å². The van der Waals surface area contributed by atoms with E-state index in [4.69, 9.17) is 4.74 Å². The Bertz CT molecular complexity index is 1140. The minimum absolute atomic E-state index is 0.268. The molecule has 1 aromatic heterocycles. The third kappa shape index (κ3) is 4.83. The first-order chi connectivity index (χ1) is 15.1. The Morgan fingerprint density at radius 2 is 1.88 bits per heavy atom. The van der Waals surface area contributed by atoms with Crippen molar-refractivity contribution in [1.29, 1.82) is 0 Å². The van der Waals surface area contributed by atoms with Crippen LogP contribution in [0.1, 0.15) is 58.1 Å². The van der Waals surface area contributed by atoms with Crippen molar-refractivity contribution in [1.82, 2.24) is 0 Å². The number of benzene rings is 1. The highest BCUT2D eigenvalue weighted by Gasteiger charge is 2.34. The third-order valence-corrected chi connectivity index (χ3v) is 8.26. The van der Waals surface area contributed by atoms with Crippen molar-refractivity contribution in [3.63, 3.8) is 0 Å². The van der Waals surface area contributed by atoms with E-state index in [0.717, 1.165) is 53.5 Å². The van der Waals surface area contributed by atoms with E-state index in [9.17, 15) is 18.0 Å². The lowest BCUT2D eigenvalue weighted by atomic mass is 9.95. The second kappa shape index (κ2) is 9.62. The number of thiophene rings is 1. The van der Waals surface area contributed by atoms with Gasteiger partial charge < -0.3 is 10.1 Å². The topological polar surface area (TPSA) is 92.8 Å². The number of hydrogen-bond acceptors (Lipinski definition) is 6. The number of aryl methyl sites for hydroxylation is 3. The predicted octanol–water partition coefficient (Wildman–Crippen LogP) is 4.21. The van der Waals surface area contributed by atoms with E-state index in [1.54, 1.807) is 19.1 Å². The average Bonchev–Trinajstić information content (AvgIpc) is 3.10. The Morgan fingerprint density at radius 3 is 2.47 bits per heavy atom. The van der Waals surface area contributed by atoms with Crippen molar-refractivity contribution in [3.8, 4) is 0 Å². The number of amides is 1. The molecule has 1 amide bonds. The molecule has 3 rings (SSSR count). The highest BCUT2D eigenvalue weighted by atomic mass is 32.2. The van der Waals surface area contributed by atoms with Crippen molar-refractivity contribution in [2.75, 3.05) is 23.0 Å². The summed E-state index contributed by atoms with van der Waals surface area (Å²) in [4.78, 5) is 26.9. The van der Waals surface area contributed by atoms with Gasteiger partial charge >= 0.3 is 5.97 Å². The van der Waals surface area contributed by atoms with Gasteiger partial charge in [-0.15, -0.1) is 11.3 Å². The van der Waals surface area contributed by atoms with Crippen LogP contribution in [0.25, 0.3) is 0 Å². The van der Waals surface area contributed by atoms with E-state index in [2.05, 4.69) is 5.32 Å². The molecule has 2 aromatic rings. The van der Waals surface area contributed by atoms with Crippen LogP contribution in [0.3, 0.4) is 0 Å². The summed E-state index contributed by atoms with van der Waals surface area (Å²) in [6, 6.07) is 4.37. The van der Waals surface area contributed by atoms with Gasteiger partial charge in [-0.05, 0) is 74.8 Å². The summed E-state index contributed by atoms with van der Waals surface area (Å²) in [6.45, 7) is 5.62. The van der Waals surface area contributed by atoms with Gasteiger partial charge in [0.2, 0.25) is 15.9 Å². The molecular weight excluding hydrogens is 448 g/mol. The molecule has 1 aromatic carbocycles. The molecule has 0 saturated carbocycles. The first kappa shape index (κ1) is 24.3. The number of esters is 1. The van der Waals surface area contributed by atoms with E-state index < -0.39 is 27.9 Å². The molecule has 1 atom stereocenters. The lowest BCUT2D eigenvalue weighted by Crippen LogP contribution is -2.47. The Labute approximate surface area is 193 Å². The third-order valence-electron chi connectivity index (χ3n) is 5.87. The highest BCUT2D eigenvalue weighted by molar-refractivity contribution is 7.92. The van der Waals surface area contributed by atoms with Crippen molar-refractivity contribution in [3.05, 3.63) is 45.3 Å². The SMILES string of the molecule is CC[C@@H](C(=O)Nc1sc2c(c1C(=O)OC)CCCC2)N(c1ccc(C)c(C)c1)S(C)(=O)=O. The molecule has 0 spiro atoms. The van der Waals surface area contributed by atoms with E-state index in [-0.39, 0.29) is 6.42 Å². The number of hydrogen-bond donors (Lipinski definition) is 1. The fourth-order valence-corrected chi connectivity index (χ4v) is 6.57. The van der Waals surface area contributed by atoms with Crippen LogP contribution < -0.4 is 9.62 Å². The highest BCUT2D eigenvalue weighted by Crippen LogP contribution is 2.39. The molecule has 0 bridgehead atoms. The van der Waals surface area contributed by atoms with Crippen LogP contribution in [-0.4, -0.2) is 39.7 Å². The van der Waals surface area contributed by atoms with Gasteiger partial charge in [-0.3, -0.25) is 9.10 Å². The number of anilines is 2. The van der Waals surface area contributed by atoms with Gasteiger partial charge in [0, 0.05) is 4.88 Å². The maximum atomic E-state index is 13.4. The largest absolute Gasteiger partial charge is 0.465 e. The molecule has 32 heavy (non-hydrogen) atoms. The number of carbonyl (C=O) groups is 2. The van der Waals surface area contributed by atoms with Crippen LogP contribution in [0.2, 0.25) is 0 Å². The lowest BCUT2D eigenvalue weighted by Gasteiger charge is -2.30. The number of rotatable bonds is 7. The Morgan fingerprint density at radius 1 is 1.19 bits per heavy atom. The predicted molar refractivity (Wildman–Crippen MR) is 128 cm³/mol. The summed E-state index contributed by atoms with van der Waals surface area (Å²) in [5.74, 6) is -0.957. The average molecular weight is 479 g/mol. The van der Waals surface area contributed by atoms with Gasteiger partial charge in [0.25, 0.3) is 0 Å². The van der Waals surface area contributed by atoms with Gasteiger partial charge in [0.05, 0.1) is 24.6 Å². The number of nitrogens with zero attached hydrogens (tertiary/aromatic N) is 1. The standard InChI is InChI=1S/C23H30N2O5S2/c1-6-18(25(32(5,28)29)16-12-11-14(2)15(3)13-16)21(26)24-22-20(23(27)30-4)17-9-7-8-10-19(17)31-22/h11-13,18H,6-10H2,1-5H3,(H,24,26)/t18-/m0/s1. The molecule has 7 nitrogen and oxygen atoms in total. The molecule has 0 fully saturated rings. The molecule has 1 heterocycles. The lowest BCUT2D eigenvalue weighted by molar-refractivity contribution is -0.117. The molecule has 174 valence electrons. The quantitative estimate of drug-likeness (QED) is 0.602. The van der Waals surface area contributed by atoms with Crippen LogP contribution in [0.5, 0.6) is 0 Å². The molecule has 9 heteroatoms. The summed E-state index contributed by atoms with van der Waals surface area (Å²) in [6.07, 6.45) is 5.00. The van der Waals surface area contributed by atoms with Crippen LogP contribution in [0.15, 0.2) is 18.2 Å². The summed E-state index contributed by atoms with van der Waals surface area (Å²) >= 11 is 1.38. The molecule has 1 aliphatic carbocycles. The van der Waals surface area contributed by atoms with Crippen LogP contribution in [0, 0.1) is 13.8 Å². The summed E-state index contributed by atoms with van der Waals surface area (Å²) in [5.41, 5.74) is 3.74. The Balaban J connectivity index is 2.00. The first-order valence-electron chi connectivity index (χ1n) is 10.7. The Kier molecular flexibility index (Phi) is 7.29. The summed E-state index contributed by atoms with van der Waals surface area (Å²) in [5, 5.41) is 3.29. The van der Waals surface area contributed by atoms with E-state index in [1.807, 2.05) is 19.9 Å². The fraction of sp³-hybridized carbons (Fsp3) is 0.478. The molecule has 1 N–H and O–H groups in total. The van der Waals surface area contributed by atoms with Crippen LogP contribution >= 0.6 is 11.3 Å². The maximum absolute atomic E-state index is 13.4. The number of ether oxygens (including phenoxy) is 1. The number of sulfonamides is 1. The van der Waals surface area contributed by atoms with Gasteiger partial charge in [-0.2, -0.15) is 0 Å². The second-order valence-corrected chi connectivity index (χ2v) is 11.1. The van der Waals surface area contributed by atoms with Crippen molar-refractivity contribution in [2.45, 2.75) is 58.9 Å². The summed E-state index contributed by atoms with van der Waals surface area (Å²) < 4.78 is 31.6. The minimum Gasteiger partial charge on any atom is -0.465 e. The molecule has 1 aliphatic rings. The number of nitrogens with one attached hydrogen (secondary N) is 1. The molecular formula is C23H30N2O5S2. The van der Waals surface area contributed by atoms with Gasteiger partial charge in [0.1, 0.15) is 11.0 Å². The van der Waals surface area contributed by atoms with Crippen LogP contribution in [0.4, 0.5) is 10.7 Å². The normalized spacial score (nSPS) is 14.4. The first-order valence-corrected chi connectivity index (χ1v) is 13.3. The summed E-state index contributed by atoms with van der Waals surface area (Å²) in [7, 11) is -2.43. The van der Waals surface area contributed by atoms with E-state index >= 15 is 0 Å². The maximum Gasteiger partial charge on any atom is 0.341 e. The molecule has 0 aliphatic heterocycles. The van der Waals surface area contributed by atoms with Gasteiger partial charge in [-0.1, -0.05) is 13.0 Å². The van der Waals surface area contributed by atoms with Crippen LogP contribution in [-0.2, 0) is 32.4 Å². The molecule has 0 radical (unpaired) electrons. The molecule has 0 saturated heterocycles. The zero-order chi connectivity index (χ0) is 23.6. The van der Waals surface area contributed by atoms with Crippen molar-refractivity contribution >= 4 is 43.9 Å². The van der Waals surface area contributed by atoms with Gasteiger partial charge in [-0.25, -0.2) is 13.2 Å². The number of fused-ring (bicyclic) bond motifs is 1. The zero-order valence-corrected chi connectivity index (χ0v) is 20.8. The monoisotopic (exact) mass is 478 g/mol.